The van der Waals surface area contributed by atoms with Crippen molar-refractivity contribution in [2.45, 2.75) is 25.4 Å². The summed E-state index contributed by atoms with van der Waals surface area (Å²) in [6.45, 7) is 1.69. The zero-order valence-electron chi connectivity index (χ0n) is 15.8. The van der Waals surface area contributed by atoms with Gasteiger partial charge in [0.2, 0.25) is 0 Å². The summed E-state index contributed by atoms with van der Waals surface area (Å²) >= 11 is 1.79. The molecule has 1 aliphatic rings. The normalized spacial score (nSPS) is 17.1. The Morgan fingerprint density at radius 1 is 1.29 bits per heavy atom. The maximum atomic E-state index is 10.9. The highest BCUT2D eigenvalue weighted by Crippen LogP contribution is 2.38. The van der Waals surface area contributed by atoms with Gasteiger partial charge in [0.15, 0.2) is 18.1 Å². The molecule has 2 N–H and O–H groups in total. The van der Waals surface area contributed by atoms with Crippen LogP contribution in [0.3, 0.4) is 0 Å². The predicted molar refractivity (Wildman–Crippen MR) is 110 cm³/mol. The van der Waals surface area contributed by atoms with E-state index in [0.29, 0.717) is 17.5 Å². The van der Waals surface area contributed by atoms with Crippen molar-refractivity contribution in [3.8, 4) is 11.5 Å². The van der Waals surface area contributed by atoms with Crippen LogP contribution in [0.2, 0.25) is 0 Å². The summed E-state index contributed by atoms with van der Waals surface area (Å²) in [7, 11) is 1.59. The van der Waals surface area contributed by atoms with Gasteiger partial charge in [-0.3, -0.25) is 9.69 Å². The first kappa shape index (κ1) is 18.7. The van der Waals surface area contributed by atoms with Crippen LogP contribution in [0.5, 0.6) is 11.5 Å². The fourth-order valence-corrected chi connectivity index (χ4v) is 4.78. The van der Waals surface area contributed by atoms with E-state index in [1.54, 1.807) is 18.4 Å². The molecule has 1 amide bonds. The maximum Gasteiger partial charge on any atom is 0.255 e. The van der Waals surface area contributed by atoms with Gasteiger partial charge in [-0.2, -0.15) is 0 Å². The molecule has 4 rings (SSSR count). The number of thiazole rings is 1. The number of fused-ring (bicyclic) bond motifs is 1. The SMILES string of the molecule is COc1cc(CN2CCCC2c2nc3ccccc3s2)ccc1OCC(N)=O. The van der Waals surface area contributed by atoms with Gasteiger partial charge in [0.1, 0.15) is 5.01 Å². The molecule has 0 saturated carbocycles. The van der Waals surface area contributed by atoms with Crippen molar-refractivity contribution in [3.05, 3.63) is 53.0 Å². The topological polar surface area (TPSA) is 77.7 Å². The Balaban J connectivity index is 1.51. The molecule has 0 radical (unpaired) electrons. The summed E-state index contributed by atoms with van der Waals surface area (Å²) in [4.78, 5) is 18.3. The van der Waals surface area contributed by atoms with Crippen LogP contribution in [-0.2, 0) is 11.3 Å². The number of benzene rings is 2. The number of nitrogens with zero attached hydrogens (tertiary/aromatic N) is 2. The third-order valence-corrected chi connectivity index (χ3v) is 6.08. The van der Waals surface area contributed by atoms with Crippen LogP contribution in [0.15, 0.2) is 42.5 Å². The van der Waals surface area contributed by atoms with E-state index in [0.717, 1.165) is 37.0 Å². The van der Waals surface area contributed by atoms with Crippen molar-refractivity contribution in [2.24, 2.45) is 5.73 Å². The Hall–Kier alpha value is -2.64. The molecule has 1 aromatic heterocycles. The highest BCUT2D eigenvalue weighted by atomic mass is 32.1. The van der Waals surface area contributed by atoms with Crippen LogP contribution in [0.1, 0.15) is 29.5 Å². The number of para-hydroxylation sites is 1. The molecule has 1 atom stereocenters. The molecule has 28 heavy (non-hydrogen) atoms. The van der Waals surface area contributed by atoms with Crippen molar-refractivity contribution in [1.82, 2.24) is 9.88 Å². The van der Waals surface area contributed by atoms with Crippen LogP contribution in [0, 0.1) is 0 Å². The van der Waals surface area contributed by atoms with Crippen LogP contribution < -0.4 is 15.2 Å². The monoisotopic (exact) mass is 397 g/mol. The first-order chi connectivity index (χ1) is 13.6. The molecule has 1 aliphatic heterocycles. The molecule has 1 fully saturated rings. The third-order valence-electron chi connectivity index (χ3n) is 4.94. The van der Waals surface area contributed by atoms with Gasteiger partial charge in [-0.15, -0.1) is 11.3 Å². The van der Waals surface area contributed by atoms with Gasteiger partial charge in [0, 0.05) is 6.54 Å². The molecule has 3 aromatic rings. The summed E-state index contributed by atoms with van der Waals surface area (Å²) in [6.07, 6.45) is 2.29. The van der Waals surface area contributed by atoms with E-state index >= 15 is 0 Å². The fourth-order valence-electron chi connectivity index (χ4n) is 3.64. The van der Waals surface area contributed by atoms with Crippen LogP contribution in [0.25, 0.3) is 10.2 Å². The molecule has 2 heterocycles. The molecular weight excluding hydrogens is 374 g/mol. The Labute approximate surface area is 167 Å². The predicted octanol–water partition coefficient (Wildman–Crippen LogP) is 3.51. The number of ether oxygens (including phenoxy) is 2. The van der Waals surface area contributed by atoms with E-state index in [1.807, 2.05) is 24.3 Å². The van der Waals surface area contributed by atoms with Crippen LogP contribution >= 0.6 is 11.3 Å². The summed E-state index contributed by atoms with van der Waals surface area (Å²) in [5, 5.41) is 1.19. The Morgan fingerprint density at radius 2 is 2.14 bits per heavy atom. The number of primary amides is 1. The summed E-state index contributed by atoms with van der Waals surface area (Å²) in [5.74, 6) is 0.616. The van der Waals surface area contributed by atoms with Crippen LogP contribution in [-0.4, -0.2) is 36.1 Å². The van der Waals surface area contributed by atoms with Gasteiger partial charge in [-0.05, 0) is 49.2 Å². The summed E-state index contributed by atoms with van der Waals surface area (Å²) in [5.41, 5.74) is 7.36. The van der Waals surface area contributed by atoms with Crippen LogP contribution in [0.4, 0.5) is 0 Å². The zero-order chi connectivity index (χ0) is 19.5. The van der Waals surface area contributed by atoms with Gasteiger partial charge in [0.05, 0.1) is 23.4 Å². The Morgan fingerprint density at radius 3 is 2.93 bits per heavy atom. The first-order valence-corrected chi connectivity index (χ1v) is 10.1. The molecule has 0 bridgehead atoms. The number of rotatable bonds is 7. The highest BCUT2D eigenvalue weighted by Gasteiger charge is 2.28. The number of carbonyl (C=O) groups excluding carboxylic acids is 1. The number of carbonyl (C=O) groups is 1. The number of aromatic nitrogens is 1. The third kappa shape index (κ3) is 3.95. The number of methoxy groups -OCH3 is 1. The average Bonchev–Trinajstić information content (AvgIpc) is 3.32. The van der Waals surface area contributed by atoms with Crippen molar-refractivity contribution in [3.63, 3.8) is 0 Å². The molecule has 1 unspecified atom stereocenters. The fraction of sp³-hybridized carbons (Fsp3) is 0.333. The minimum Gasteiger partial charge on any atom is -0.493 e. The van der Waals surface area contributed by atoms with Gasteiger partial charge in [-0.25, -0.2) is 4.98 Å². The molecule has 7 heteroatoms. The lowest BCUT2D eigenvalue weighted by atomic mass is 10.1. The minimum absolute atomic E-state index is 0.165. The standard InChI is InChI=1S/C21H23N3O3S/c1-26-18-11-14(8-9-17(18)27-13-20(22)25)12-24-10-4-6-16(24)21-23-15-5-2-3-7-19(15)28-21/h2-3,5,7-9,11,16H,4,6,10,12-13H2,1H3,(H2,22,25). The second kappa shape index (κ2) is 8.16. The summed E-state index contributed by atoms with van der Waals surface area (Å²) < 4.78 is 12.1. The largest absolute Gasteiger partial charge is 0.493 e. The first-order valence-electron chi connectivity index (χ1n) is 9.31. The van der Waals surface area contributed by atoms with Crippen molar-refractivity contribution >= 4 is 27.5 Å². The van der Waals surface area contributed by atoms with Crippen molar-refractivity contribution < 1.29 is 14.3 Å². The molecule has 0 spiro atoms. The van der Waals surface area contributed by atoms with E-state index in [-0.39, 0.29) is 6.61 Å². The average molecular weight is 398 g/mol. The second-order valence-electron chi connectivity index (χ2n) is 6.89. The lowest BCUT2D eigenvalue weighted by Crippen LogP contribution is -2.23. The van der Waals surface area contributed by atoms with E-state index in [4.69, 9.17) is 20.2 Å². The molecule has 1 saturated heterocycles. The Kier molecular flexibility index (Phi) is 5.45. The number of hydrogen-bond acceptors (Lipinski definition) is 6. The molecule has 6 nitrogen and oxygen atoms in total. The van der Waals surface area contributed by atoms with Crippen molar-refractivity contribution in [1.29, 1.82) is 0 Å². The molecule has 2 aromatic carbocycles. The highest BCUT2D eigenvalue weighted by molar-refractivity contribution is 7.18. The molecule has 146 valence electrons. The minimum atomic E-state index is -0.512. The summed E-state index contributed by atoms with van der Waals surface area (Å²) in [6, 6.07) is 14.4. The molecular formula is C21H23N3O3S. The number of amides is 1. The Bertz CT molecular complexity index is 955. The van der Waals surface area contributed by atoms with Gasteiger partial charge in [0.25, 0.3) is 5.91 Å². The maximum absolute atomic E-state index is 10.9. The lowest BCUT2D eigenvalue weighted by molar-refractivity contribution is -0.119. The lowest BCUT2D eigenvalue weighted by Gasteiger charge is -2.23. The quantitative estimate of drug-likeness (QED) is 0.660. The number of likely N-dealkylation sites (tertiary alicyclic amines) is 1. The van der Waals surface area contributed by atoms with Gasteiger partial charge >= 0.3 is 0 Å². The van der Waals surface area contributed by atoms with Gasteiger partial charge < -0.3 is 15.2 Å². The molecule has 0 aliphatic carbocycles. The van der Waals surface area contributed by atoms with E-state index < -0.39 is 5.91 Å². The number of nitrogens with two attached hydrogens (primary N) is 1. The van der Waals surface area contributed by atoms with Gasteiger partial charge in [-0.1, -0.05) is 18.2 Å². The van der Waals surface area contributed by atoms with E-state index in [2.05, 4.69) is 23.1 Å². The second-order valence-corrected chi connectivity index (χ2v) is 7.95. The zero-order valence-corrected chi connectivity index (χ0v) is 16.6. The van der Waals surface area contributed by atoms with E-state index in [1.165, 1.54) is 9.71 Å². The number of hydrogen-bond donors (Lipinski definition) is 1. The van der Waals surface area contributed by atoms with Crippen molar-refractivity contribution in [2.75, 3.05) is 20.3 Å². The van der Waals surface area contributed by atoms with E-state index in [9.17, 15) is 4.79 Å². The smallest absolute Gasteiger partial charge is 0.255 e.